The second-order valence-corrected chi connectivity index (χ2v) is 4.90. The highest BCUT2D eigenvalue weighted by Gasteiger charge is 2.17. The van der Waals surface area contributed by atoms with E-state index in [2.05, 4.69) is 71.6 Å². The van der Waals surface area contributed by atoms with E-state index in [1.165, 1.54) is 5.56 Å². The van der Waals surface area contributed by atoms with Gasteiger partial charge < -0.3 is 15.1 Å². The third kappa shape index (κ3) is 3.01. The standard InChI is InChI=1S/C14H22N4/c1-17(2)13(12-7-5-4-6-8-12)11-16-14-15-9-10-18(14)3/h4-8,13H,9-11H2,1-3H3,(H,15,16). The van der Waals surface area contributed by atoms with Crippen molar-refractivity contribution in [3.63, 3.8) is 0 Å². The van der Waals surface area contributed by atoms with Gasteiger partial charge in [-0.1, -0.05) is 30.3 Å². The molecular weight excluding hydrogens is 224 g/mol. The van der Waals surface area contributed by atoms with Gasteiger partial charge in [0, 0.05) is 20.1 Å². The summed E-state index contributed by atoms with van der Waals surface area (Å²) in [7, 11) is 6.30. The monoisotopic (exact) mass is 246 g/mol. The molecule has 0 saturated heterocycles. The lowest BCUT2D eigenvalue weighted by molar-refractivity contribution is 0.296. The average molecular weight is 246 g/mol. The first kappa shape index (κ1) is 12.9. The minimum Gasteiger partial charge on any atom is -0.354 e. The van der Waals surface area contributed by atoms with E-state index in [9.17, 15) is 0 Å². The van der Waals surface area contributed by atoms with Crippen LogP contribution in [0.4, 0.5) is 0 Å². The van der Waals surface area contributed by atoms with Crippen molar-refractivity contribution in [1.82, 2.24) is 15.1 Å². The molecule has 0 bridgehead atoms. The summed E-state index contributed by atoms with van der Waals surface area (Å²) < 4.78 is 0. The molecule has 98 valence electrons. The predicted octanol–water partition coefficient (Wildman–Crippen LogP) is 1.18. The molecule has 1 aliphatic heterocycles. The van der Waals surface area contributed by atoms with Gasteiger partial charge in [-0.05, 0) is 19.7 Å². The Morgan fingerprint density at radius 1 is 1.33 bits per heavy atom. The first-order valence-electron chi connectivity index (χ1n) is 6.39. The van der Waals surface area contributed by atoms with Gasteiger partial charge in [-0.15, -0.1) is 0 Å². The molecule has 1 aromatic rings. The van der Waals surface area contributed by atoms with E-state index in [1.807, 2.05) is 0 Å². The lowest BCUT2D eigenvalue weighted by Gasteiger charge is -2.26. The molecule has 0 amide bonds. The zero-order valence-electron chi connectivity index (χ0n) is 11.4. The van der Waals surface area contributed by atoms with Crippen molar-refractivity contribution in [3.05, 3.63) is 35.9 Å². The van der Waals surface area contributed by atoms with Gasteiger partial charge in [0.2, 0.25) is 0 Å². The summed E-state index contributed by atoms with van der Waals surface area (Å²) in [6.45, 7) is 2.79. The van der Waals surface area contributed by atoms with E-state index < -0.39 is 0 Å². The van der Waals surface area contributed by atoms with E-state index in [4.69, 9.17) is 0 Å². The Morgan fingerprint density at radius 3 is 2.61 bits per heavy atom. The molecular formula is C14H22N4. The van der Waals surface area contributed by atoms with E-state index in [0.29, 0.717) is 6.04 Å². The van der Waals surface area contributed by atoms with Crippen LogP contribution in [0.2, 0.25) is 0 Å². The Bertz CT molecular complexity index is 400. The summed E-state index contributed by atoms with van der Waals surface area (Å²) >= 11 is 0. The predicted molar refractivity (Wildman–Crippen MR) is 75.8 cm³/mol. The van der Waals surface area contributed by atoms with E-state index in [0.717, 1.165) is 25.6 Å². The second kappa shape index (κ2) is 5.87. The van der Waals surface area contributed by atoms with Crippen molar-refractivity contribution in [2.75, 3.05) is 40.8 Å². The Morgan fingerprint density at radius 2 is 2.06 bits per heavy atom. The van der Waals surface area contributed by atoms with Crippen molar-refractivity contribution in [2.45, 2.75) is 6.04 Å². The number of benzene rings is 1. The molecule has 0 radical (unpaired) electrons. The minimum atomic E-state index is 0.364. The van der Waals surface area contributed by atoms with Crippen LogP contribution in [0.3, 0.4) is 0 Å². The number of aliphatic imine (C=N–C) groups is 1. The fraction of sp³-hybridized carbons (Fsp3) is 0.500. The fourth-order valence-corrected chi connectivity index (χ4v) is 2.19. The number of nitrogens with one attached hydrogen (secondary N) is 1. The molecule has 0 fully saturated rings. The summed E-state index contributed by atoms with van der Waals surface area (Å²) in [5, 5.41) is 3.45. The van der Waals surface area contributed by atoms with Gasteiger partial charge in [0.25, 0.3) is 0 Å². The number of likely N-dealkylation sites (N-methyl/N-ethyl adjacent to an activating group) is 2. The van der Waals surface area contributed by atoms with Gasteiger partial charge in [0.15, 0.2) is 5.96 Å². The molecule has 1 aliphatic rings. The quantitative estimate of drug-likeness (QED) is 0.865. The molecule has 4 heteroatoms. The van der Waals surface area contributed by atoms with Gasteiger partial charge in [0.1, 0.15) is 0 Å². The van der Waals surface area contributed by atoms with Gasteiger partial charge in [0.05, 0.1) is 12.6 Å². The highest BCUT2D eigenvalue weighted by molar-refractivity contribution is 5.81. The summed E-state index contributed by atoms with van der Waals surface area (Å²) in [6, 6.07) is 10.9. The average Bonchev–Trinajstić information content (AvgIpc) is 2.76. The Hall–Kier alpha value is -1.55. The molecule has 0 aliphatic carbocycles. The Kier molecular flexibility index (Phi) is 4.20. The smallest absolute Gasteiger partial charge is 0.193 e. The van der Waals surface area contributed by atoms with Crippen LogP contribution in [-0.4, -0.2) is 56.5 Å². The number of rotatable bonds is 4. The molecule has 1 unspecified atom stereocenters. The Balaban J connectivity index is 1.99. The number of hydrogen-bond acceptors (Lipinski definition) is 4. The van der Waals surface area contributed by atoms with Crippen LogP contribution in [0, 0.1) is 0 Å². The van der Waals surface area contributed by atoms with Crippen LogP contribution in [0.1, 0.15) is 11.6 Å². The largest absolute Gasteiger partial charge is 0.354 e. The lowest BCUT2D eigenvalue weighted by Crippen LogP contribution is -2.40. The molecule has 2 rings (SSSR count). The van der Waals surface area contributed by atoms with Crippen LogP contribution < -0.4 is 5.32 Å². The Labute approximate surface area is 109 Å². The fourth-order valence-electron chi connectivity index (χ4n) is 2.19. The molecule has 1 atom stereocenters. The molecule has 1 heterocycles. The van der Waals surface area contributed by atoms with Gasteiger partial charge in [-0.25, -0.2) is 0 Å². The van der Waals surface area contributed by atoms with Crippen molar-refractivity contribution in [2.24, 2.45) is 4.99 Å². The maximum atomic E-state index is 4.45. The first-order valence-corrected chi connectivity index (χ1v) is 6.39. The normalized spacial score (nSPS) is 16.9. The highest BCUT2D eigenvalue weighted by atomic mass is 15.3. The first-order chi connectivity index (χ1) is 8.68. The third-order valence-corrected chi connectivity index (χ3v) is 3.32. The van der Waals surface area contributed by atoms with Crippen LogP contribution in [0.5, 0.6) is 0 Å². The van der Waals surface area contributed by atoms with Crippen molar-refractivity contribution < 1.29 is 0 Å². The van der Waals surface area contributed by atoms with Gasteiger partial charge in [-0.3, -0.25) is 4.99 Å². The van der Waals surface area contributed by atoms with Crippen molar-refractivity contribution in [3.8, 4) is 0 Å². The molecule has 0 aromatic heterocycles. The second-order valence-electron chi connectivity index (χ2n) is 4.90. The maximum absolute atomic E-state index is 4.45. The SMILES string of the molecule is CN1CCN=C1NCC(c1ccccc1)N(C)C. The van der Waals surface area contributed by atoms with Crippen LogP contribution >= 0.6 is 0 Å². The molecule has 0 spiro atoms. The van der Waals surface area contributed by atoms with Crippen molar-refractivity contribution >= 4 is 5.96 Å². The molecule has 18 heavy (non-hydrogen) atoms. The zero-order valence-corrected chi connectivity index (χ0v) is 11.4. The topological polar surface area (TPSA) is 30.9 Å². The van der Waals surface area contributed by atoms with Gasteiger partial charge >= 0.3 is 0 Å². The lowest BCUT2D eigenvalue weighted by atomic mass is 10.1. The molecule has 1 N–H and O–H groups in total. The molecule has 1 aromatic carbocycles. The third-order valence-electron chi connectivity index (χ3n) is 3.32. The minimum absolute atomic E-state index is 0.364. The van der Waals surface area contributed by atoms with E-state index in [-0.39, 0.29) is 0 Å². The van der Waals surface area contributed by atoms with E-state index >= 15 is 0 Å². The summed E-state index contributed by atoms with van der Waals surface area (Å²) in [4.78, 5) is 8.85. The van der Waals surface area contributed by atoms with Crippen LogP contribution in [0.15, 0.2) is 35.3 Å². The number of hydrogen-bond donors (Lipinski definition) is 1. The summed E-state index contributed by atoms with van der Waals surface area (Å²) in [6.07, 6.45) is 0. The van der Waals surface area contributed by atoms with E-state index in [1.54, 1.807) is 0 Å². The summed E-state index contributed by atoms with van der Waals surface area (Å²) in [5.74, 6) is 1.01. The van der Waals surface area contributed by atoms with Gasteiger partial charge in [-0.2, -0.15) is 0 Å². The van der Waals surface area contributed by atoms with Crippen LogP contribution in [-0.2, 0) is 0 Å². The number of nitrogens with zero attached hydrogens (tertiary/aromatic N) is 3. The molecule has 4 nitrogen and oxygen atoms in total. The summed E-state index contributed by atoms with van der Waals surface area (Å²) in [5.41, 5.74) is 1.33. The number of guanidine groups is 1. The van der Waals surface area contributed by atoms with Crippen LogP contribution in [0.25, 0.3) is 0 Å². The zero-order chi connectivity index (χ0) is 13.0. The maximum Gasteiger partial charge on any atom is 0.193 e. The van der Waals surface area contributed by atoms with Crippen molar-refractivity contribution in [1.29, 1.82) is 0 Å². The highest BCUT2D eigenvalue weighted by Crippen LogP contribution is 2.16. The molecule has 0 saturated carbocycles.